The van der Waals surface area contributed by atoms with E-state index in [0.717, 1.165) is 27.3 Å². The lowest BCUT2D eigenvalue weighted by Gasteiger charge is -2.20. The maximum Gasteiger partial charge on any atom is 0.421 e. The van der Waals surface area contributed by atoms with Crippen LogP contribution in [0.15, 0.2) is 48.5 Å². The van der Waals surface area contributed by atoms with Gasteiger partial charge in [0.25, 0.3) is 0 Å². The number of nitrogens with one attached hydrogen (secondary N) is 1. The van der Waals surface area contributed by atoms with Gasteiger partial charge in [-0.3, -0.25) is 15.0 Å². The van der Waals surface area contributed by atoms with Gasteiger partial charge in [-0.15, -0.1) is 0 Å². The van der Waals surface area contributed by atoms with E-state index >= 15 is 0 Å². The van der Waals surface area contributed by atoms with Crippen LogP contribution in [0.4, 0.5) is 4.79 Å². The van der Waals surface area contributed by atoms with E-state index in [9.17, 15) is 14.4 Å². The molecule has 0 atom stereocenters. The summed E-state index contributed by atoms with van der Waals surface area (Å²) in [5, 5.41) is 9.90. The summed E-state index contributed by atoms with van der Waals surface area (Å²) in [6, 6.07) is 15.9. The van der Waals surface area contributed by atoms with Crippen molar-refractivity contribution in [2.45, 2.75) is 12.8 Å². The first-order valence-electron chi connectivity index (χ1n) is 8.53. The molecule has 1 aliphatic rings. The Bertz CT molecular complexity index is 819. The molecule has 7 heteroatoms. The van der Waals surface area contributed by atoms with E-state index in [2.05, 4.69) is 5.43 Å². The molecule has 0 fully saturated rings. The molecule has 0 aliphatic heterocycles. The standard InChI is InChI=1S/C20H20N2O5/c1-13(23)10-22(11-19(24)25)21-20(26)27-12-18-16-8-4-2-6-14(16)15-7-3-5-9-17(15)18/h2-9,18H,10-12H2,1H3,(H,21,26)(H,24,25). The summed E-state index contributed by atoms with van der Waals surface area (Å²) in [6.45, 7) is 0.718. The second-order valence-electron chi connectivity index (χ2n) is 6.39. The van der Waals surface area contributed by atoms with E-state index in [4.69, 9.17) is 9.84 Å². The number of amides is 1. The van der Waals surface area contributed by atoms with Crippen LogP contribution in [0.25, 0.3) is 11.1 Å². The average Bonchev–Trinajstić information content (AvgIpc) is 2.93. The van der Waals surface area contributed by atoms with Crippen LogP contribution in [0, 0.1) is 0 Å². The van der Waals surface area contributed by atoms with Gasteiger partial charge >= 0.3 is 12.1 Å². The monoisotopic (exact) mass is 368 g/mol. The van der Waals surface area contributed by atoms with Gasteiger partial charge in [0.2, 0.25) is 0 Å². The zero-order valence-electron chi connectivity index (χ0n) is 14.8. The van der Waals surface area contributed by atoms with Crippen molar-refractivity contribution in [3.05, 3.63) is 59.7 Å². The first kappa shape index (κ1) is 18.6. The first-order chi connectivity index (χ1) is 13.0. The summed E-state index contributed by atoms with van der Waals surface area (Å²) in [5.41, 5.74) is 6.72. The van der Waals surface area contributed by atoms with Crippen molar-refractivity contribution < 1.29 is 24.2 Å². The summed E-state index contributed by atoms with van der Waals surface area (Å²) in [7, 11) is 0. The third-order valence-electron chi connectivity index (χ3n) is 4.33. The second-order valence-corrected chi connectivity index (χ2v) is 6.39. The number of aliphatic carboxylic acids is 1. The lowest BCUT2D eigenvalue weighted by molar-refractivity contribution is -0.139. The van der Waals surface area contributed by atoms with Crippen LogP contribution in [-0.4, -0.2) is 47.7 Å². The molecule has 0 heterocycles. The van der Waals surface area contributed by atoms with E-state index in [1.54, 1.807) is 0 Å². The molecule has 0 saturated carbocycles. The second kappa shape index (κ2) is 8.01. The molecule has 7 nitrogen and oxygen atoms in total. The fourth-order valence-corrected chi connectivity index (χ4v) is 3.33. The molecule has 0 radical (unpaired) electrons. The molecule has 27 heavy (non-hydrogen) atoms. The smallest absolute Gasteiger partial charge is 0.421 e. The molecule has 140 valence electrons. The van der Waals surface area contributed by atoms with Crippen LogP contribution in [0.3, 0.4) is 0 Å². The Morgan fingerprint density at radius 1 is 1.00 bits per heavy atom. The molecule has 0 saturated heterocycles. The van der Waals surface area contributed by atoms with Crippen molar-refractivity contribution >= 4 is 17.8 Å². The number of ketones is 1. The van der Waals surface area contributed by atoms with E-state index in [-0.39, 0.29) is 24.9 Å². The Hall–Kier alpha value is -3.19. The molecule has 3 rings (SSSR count). The van der Waals surface area contributed by atoms with Gasteiger partial charge in [-0.1, -0.05) is 48.5 Å². The predicted octanol–water partition coefficient (Wildman–Crippen LogP) is 2.42. The summed E-state index contributed by atoms with van der Waals surface area (Å²) < 4.78 is 5.34. The van der Waals surface area contributed by atoms with Gasteiger partial charge < -0.3 is 9.84 Å². The minimum atomic E-state index is -1.16. The third kappa shape index (κ3) is 4.32. The number of hydrogen-bond donors (Lipinski definition) is 2. The van der Waals surface area contributed by atoms with Crippen molar-refractivity contribution in [3.8, 4) is 11.1 Å². The first-order valence-corrected chi connectivity index (χ1v) is 8.53. The highest BCUT2D eigenvalue weighted by Gasteiger charge is 2.29. The van der Waals surface area contributed by atoms with Gasteiger partial charge in [-0.25, -0.2) is 4.79 Å². The number of rotatable bonds is 7. The number of Topliss-reactive ketones (excluding diaryl/α,β-unsaturated/α-hetero) is 1. The summed E-state index contributed by atoms with van der Waals surface area (Å²) in [4.78, 5) is 34.2. The average molecular weight is 368 g/mol. The quantitative estimate of drug-likeness (QED) is 0.729. The Morgan fingerprint density at radius 2 is 1.56 bits per heavy atom. The number of nitrogens with zero attached hydrogens (tertiary/aromatic N) is 1. The van der Waals surface area contributed by atoms with Gasteiger partial charge in [0.1, 0.15) is 18.9 Å². The van der Waals surface area contributed by atoms with Gasteiger partial charge in [-0.05, 0) is 29.2 Å². The molecule has 0 unspecified atom stereocenters. The van der Waals surface area contributed by atoms with Gasteiger partial charge in [-0.2, -0.15) is 5.01 Å². The number of hydrazine groups is 1. The summed E-state index contributed by atoms with van der Waals surface area (Å²) in [6.07, 6.45) is -0.792. The number of carbonyl (C=O) groups excluding carboxylic acids is 2. The molecular formula is C20H20N2O5. The highest BCUT2D eigenvalue weighted by molar-refractivity contribution is 5.80. The number of carbonyl (C=O) groups is 3. The number of hydrogen-bond acceptors (Lipinski definition) is 5. The molecule has 2 aromatic rings. The van der Waals surface area contributed by atoms with Gasteiger partial charge in [0, 0.05) is 5.92 Å². The van der Waals surface area contributed by atoms with E-state index < -0.39 is 18.6 Å². The normalized spacial score (nSPS) is 12.4. The number of carboxylic acid groups (broad SMARTS) is 1. The molecular weight excluding hydrogens is 348 g/mol. The molecule has 2 N–H and O–H groups in total. The van der Waals surface area contributed by atoms with Crippen molar-refractivity contribution in [2.75, 3.05) is 19.7 Å². The number of ether oxygens (including phenoxy) is 1. The molecule has 2 aromatic carbocycles. The van der Waals surface area contributed by atoms with E-state index in [1.807, 2.05) is 48.5 Å². The summed E-state index contributed by atoms with van der Waals surface area (Å²) >= 11 is 0. The van der Waals surface area contributed by atoms with Crippen LogP contribution in [0.5, 0.6) is 0 Å². The number of fused-ring (bicyclic) bond motifs is 3. The highest BCUT2D eigenvalue weighted by atomic mass is 16.6. The minimum Gasteiger partial charge on any atom is -0.480 e. The Labute approximate surface area is 156 Å². The van der Waals surface area contributed by atoms with Crippen LogP contribution in [0.2, 0.25) is 0 Å². The Balaban J connectivity index is 1.68. The minimum absolute atomic E-state index is 0.0936. The lowest BCUT2D eigenvalue weighted by Crippen LogP contribution is -2.47. The van der Waals surface area contributed by atoms with Crippen molar-refractivity contribution in [1.29, 1.82) is 0 Å². The third-order valence-corrected chi connectivity index (χ3v) is 4.33. The fraction of sp³-hybridized carbons (Fsp3) is 0.250. The molecule has 1 aliphatic carbocycles. The largest absolute Gasteiger partial charge is 0.480 e. The maximum atomic E-state index is 12.1. The molecule has 0 bridgehead atoms. The number of carboxylic acids is 1. The van der Waals surface area contributed by atoms with Gasteiger partial charge in [0.05, 0.1) is 6.54 Å². The van der Waals surface area contributed by atoms with Crippen LogP contribution >= 0.6 is 0 Å². The molecule has 1 amide bonds. The molecule has 0 aromatic heterocycles. The van der Waals surface area contributed by atoms with Gasteiger partial charge in [0.15, 0.2) is 0 Å². The zero-order valence-corrected chi connectivity index (χ0v) is 14.8. The van der Waals surface area contributed by atoms with Crippen molar-refractivity contribution in [2.24, 2.45) is 0 Å². The van der Waals surface area contributed by atoms with Crippen molar-refractivity contribution in [3.63, 3.8) is 0 Å². The number of benzene rings is 2. The topological polar surface area (TPSA) is 95.9 Å². The Morgan fingerprint density at radius 3 is 2.07 bits per heavy atom. The molecule has 0 spiro atoms. The maximum absolute atomic E-state index is 12.1. The van der Waals surface area contributed by atoms with Crippen molar-refractivity contribution in [1.82, 2.24) is 10.4 Å². The lowest BCUT2D eigenvalue weighted by atomic mass is 9.98. The zero-order chi connectivity index (χ0) is 19.4. The van der Waals surface area contributed by atoms with Crippen LogP contribution < -0.4 is 5.43 Å². The fourth-order valence-electron chi connectivity index (χ4n) is 3.33. The highest BCUT2D eigenvalue weighted by Crippen LogP contribution is 2.44. The SMILES string of the molecule is CC(=O)CN(CC(=O)O)NC(=O)OCC1c2ccccc2-c2ccccc21. The van der Waals surface area contributed by atoms with Crippen LogP contribution in [0.1, 0.15) is 24.0 Å². The Kier molecular flexibility index (Phi) is 5.52. The van der Waals surface area contributed by atoms with E-state index in [1.165, 1.54) is 6.92 Å². The predicted molar refractivity (Wildman–Crippen MR) is 98.1 cm³/mol. The van der Waals surface area contributed by atoms with Crippen LogP contribution in [-0.2, 0) is 14.3 Å². The van der Waals surface area contributed by atoms with E-state index in [0.29, 0.717) is 0 Å². The summed E-state index contributed by atoms with van der Waals surface area (Å²) in [5.74, 6) is -1.52.